The molecule has 4 N–H and O–H groups in total. The molecule has 3 aliphatic heterocycles. The zero-order chi connectivity index (χ0) is 45.3. The van der Waals surface area contributed by atoms with Crippen molar-refractivity contribution in [3.8, 4) is 45.1 Å². The first-order chi connectivity index (χ1) is 30.1. The monoisotopic (exact) mass is 870 g/mol. The molecule has 3 aliphatic rings. The number of ether oxygens (including phenoxy) is 6. The molecule has 1 fully saturated rings. The zero-order valence-corrected chi connectivity index (χ0v) is 37.5. The van der Waals surface area contributed by atoms with Crippen LogP contribution in [0.3, 0.4) is 0 Å². The zero-order valence-electron chi connectivity index (χ0n) is 37.5. The van der Waals surface area contributed by atoms with Crippen molar-refractivity contribution in [3.05, 3.63) is 59.4 Å². The highest BCUT2D eigenvalue weighted by atomic mass is 16.5. The molecule has 0 aliphatic carbocycles. The van der Waals surface area contributed by atoms with Gasteiger partial charge in [0.25, 0.3) is 0 Å². The number of amides is 4. The molecule has 0 radical (unpaired) electrons. The van der Waals surface area contributed by atoms with Gasteiger partial charge < -0.3 is 58.8 Å². The van der Waals surface area contributed by atoms with Gasteiger partial charge in [0.1, 0.15) is 48.4 Å². The minimum atomic E-state index is -0.975. The van der Waals surface area contributed by atoms with E-state index in [0.29, 0.717) is 44.4 Å². The van der Waals surface area contributed by atoms with Crippen molar-refractivity contribution in [3.63, 3.8) is 0 Å². The van der Waals surface area contributed by atoms with Crippen molar-refractivity contribution in [2.75, 3.05) is 41.5 Å². The highest BCUT2D eigenvalue weighted by Gasteiger charge is 2.41. The highest BCUT2D eigenvalue weighted by molar-refractivity contribution is 5.89. The number of imidazole rings is 2. The number of nitrogens with one attached hydrogen (secondary N) is 4. The molecule has 2 aromatic heterocycles. The normalized spacial score (nSPS) is 18.6. The third-order valence-corrected chi connectivity index (χ3v) is 12.1. The van der Waals surface area contributed by atoms with Crippen LogP contribution in [0.4, 0.5) is 9.59 Å². The summed E-state index contributed by atoms with van der Waals surface area (Å²) in [5.74, 6) is 2.42. The number of methoxy groups -OCH3 is 4. The van der Waals surface area contributed by atoms with Crippen molar-refractivity contribution in [2.24, 2.45) is 11.8 Å². The molecule has 4 amide bonds. The van der Waals surface area contributed by atoms with E-state index in [1.54, 1.807) is 36.0 Å². The molecular formula is C45H58N8O10. The second-order valence-corrected chi connectivity index (χ2v) is 17.0. The van der Waals surface area contributed by atoms with Crippen LogP contribution in [0, 0.1) is 11.8 Å². The Balaban J connectivity index is 1.12. The number of aromatic amines is 2. The Morgan fingerprint density at radius 2 is 1.33 bits per heavy atom. The number of H-pyrrole nitrogens is 2. The van der Waals surface area contributed by atoms with E-state index < -0.39 is 42.5 Å². The van der Waals surface area contributed by atoms with E-state index in [2.05, 4.69) is 39.7 Å². The maximum Gasteiger partial charge on any atom is 0.407 e. The number of benzene rings is 2. The maximum atomic E-state index is 14.0. The fourth-order valence-corrected chi connectivity index (χ4v) is 8.63. The van der Waals surface area contributed by atoms with E-state index in [-0.39, 0.29) is 29.7 Å². The maximum absolute atomic E-state index is 14.0. The van der Waals surface area contributed by atoms with E-state index in [0.717, 1.165) is 56.3 Å². The minimum absolute atomic E-state index is 0.126. The number of hydrogen-bond donors (Lipinski definition) is 4. The summed E-state index contributed by atoms with van der Waals surface area (Å²) in [4.78, 5) is 72.2. The first-order valence-electron chi connectivity index (χ1n) is 21.2. The molecule has 7 rings (SSSR count). The second-order valence-electron chi connectivity index (χ2n) is 17.0. The van der Waals surface area contributed by atoms with Gasteiger partial charge in [0, 0.05) is 60.7 Å². The lowest BCUT2D eigenvalue weighted by atomic mass is 9.87. The first kappa shape index (κ1) is 44.9. The number of likely N-dealkylation sites (tertiary alicyclic amines) is 1. The van der Waals surface area contributed by atoms with Gasteiger partial charge in [-0.25, -0.2) is 19.6 Å². The van der Waals surface area contributed by atoms with Crippen LogP contribution >= 0.6 is 0 Å². The molecule has 0 bridgehead atoms. The van der Waals surface area contributed by atoms with Crippen molar-refractivity contribution < 1.29 is 47.6 Å². The SMILES string of the molecule is COC(=O)N[C@H](C(=O)N(CC(C)C)[C@@H](C)c1ncc(-c2cc3c4c(c2)OCc2cc(-c5cnc([C@@H]6C[C@H](C)CN6C(=O)[C@@H](NC(=O)OC)[C@@H](C)OC)[nH]5)cc(c2-4)OC3)[nH]1)[C@@H](C)OC. The Kier molecular flexibility index (Phi) is 13.3. The smallest absolute Gasteiger partial charge is 0.407 e. The summed E-state index contributed by atoms with van der Waals surface area (Å²) in [6.07, 6.45) is 1.57. The summed E-state index contributed by atoms with van der Waals surface area (Å²) in [5, 5.41) is 5.28. The molecular weight excluding hydrogens is 813 g/mol. The van der Waals surface area contributed by atoms with E-state index in [1.807, 2.05) is 32.9 Å². The summed E-state index contributed by atoms with van der Waals surface area (Å²) in [7, 11) is 5.48. The Hall–Kier alpha value is -6.14. The predicted molar refractivity (Wildman–Crippen MR) is 231 cm³/mol. The summed E-state index contributed by atoms with van der Waals surface area (Å²) < 4.78 is 33.4. The number of carbonyl (C=O) groups excluding carboxylic acids is 4. The van der Waals surface area contributed by atoms with Crippen molar-refractivity contribution in [1.82, 2.24) is 40.4 Å². The Labute approximate surface area is 366 Å². The van der Waals surface area contributed by atoms with Gasteiger partial charge >= 0.3 is 12.2 Å². The highest BCUT2D eigenvalue weighted by Crippen LogP contribution is 2.51. The van der Waals surface area contributed by atoms with Crippen LogP contribution in [0.15, 0.2) is 36.7 Å². The van der Waals surface area contributed by atoms with Crippen LogP contribution < -0.4 is 20.1 Å². The Morgan fingerprint density at radius 1 is 0.794 bits per heavy atom. The molecule has 0 unspecified atom stereocenters. The average Bonchev–Trinajstić information content (AvgIpc) is 4.07. The number of alkyl carbamates (subject to hydrolysis) is 2. The molecule has 1 saturated heterocycles. The van der Waals surface area contributed by atoms with Crippen LogP contribution in [0.1, 0.15) is 82.8 Å². The first-order valence-corrected chi connectivity index (χ1v) is 21.2. The van der Waals surface area contributed by atoms with Gasteiger partial charge in [-0.15, -0.1) is 0 Å². The summed E-state index contributed by atoms with van der Waals surface area (Å²) >= 11 is 0. The molecule has 0 spiro atoms. The van der Waals surface area contributed by atoms with Gasteiger partial charge in [-0.1, -0.05) is 20.8 Å². The van der Waals surface area contributed by atoms with E-state index in [4.69, 9.17) is 38.4 Å². The molecule has 0 saturated carbocycles. The van der Waals surface area contributed by atoms with Gasteiger partial charge in [-0.3, -0.25) is 9.59 Å². The van der Waals surface area contributed by atoms with Crippen molar-refractivity contribution in [1.29, 1.82) is 0 Å². The van der Waals surface area contributed by atoms with E-state index in [1.165, 1.54) is 28.4 Å². The summed E-state index contributed by atoms with van der Waals surface area (Å²) in [5.41, 5.74) is 7.11. The number of aromatic nitrogens is 4. The van der Waals surface area contributed by atoms with Gasteiger partial charge in [0.2, 0.25) is 11.8 Å². The average molecular weight is 871 g/mol. The van der Waals surface area contributed by atoms with Crippen molar-refractivity contribution in [2.45, 2.75) is 97.6 Å². The second kappa shape index (κ2) is 18.7. The number of hydrogen-bond acceptors (Lipinski definition) is 12. The molecule has 5 heterocycles. The molecule has 7 atom stereocenters. The van der Waals surface area contributed by atoms with Crippen LogP contribution in [0.25, 0.3) is 33.6 Å². The Bertz CT molecular complexity index is 2290. The van der Waals surface area contributed by atoms with Gasteiger partial charge in [-0.05, 0) is 63.3 Å². The fraction of sp³-hybridized carbons (Fsp3) is 0.511. The van der Waals surface area contributed by atoms with Gasteiger partial charge in [-0.2, -0.15) is 0 Å². The lowest BCUT2D eigenvalue weighted by Gasteiger charge is -2.34. The van der Waals surface area contributed by atoms with E-state index in [9.17, 15) is 19.2 Å². The molecule has 4 aromatic rings. The lowest BCUT2D eigenvalue weighted by molar-refractivity contribution is -0.139. The minimum Gasteiger partial charge on any atom is -0.488 e. The summed E-state index contributed by atoms with van der Waals surface area (Å²) in [6.45, 7) is 13.0. The van der Waals surface area contributed by atoms with Crippen LogP contribution in [0.5, 0.6) is 11.5 Å². The van der Waals surface area contributed by atoms with Crippen LogP contribution in [0.2, 0.25) is 0 Å². The largest absolute Gasteiger partial charge is 0.488 e. The lowest BCUT2D eigenvalue weighted by Crippen LogP contribution is -2.55. The van der Waals surface area contributed by atoms with Crippen LogP contribution in [-0.4, -0.2) is 120 Å². The number of rotatable bonds is 15. The molecule has 338 valence electrons. The molecule has 18 nitrogen and oxygen atoms in total. The summed E-state index contributed by atoms with van der Waals surface area (Å²) in [6, 6.07) is 5.42. The Morgan fingerprint density at radius 3 is 1.89 bits per heavy atom. The van der Waals surface area contributed by atoms with Crippen LogP contribution in [-0.2, 0) is 41.8 Å². The third-order valence-electron chi connectivity index (χ3n) is 12.1. The standard InChI is InChI=1S/C45H58N8O10/c1-22(2)18-52(42(54)38(25(5)58-7)50-44(56)60-9)24(4)40-46-16-31(48-40)27-12-29-20-63-35-15-28(13-30-21-62-34(14-27)36(29)37(30)35)32-17-47-41(49-32)33-11-23(3)19-53(33)43(55)39(26(6)59-8)51-45(57)61-10/h12-17,22-26,33,38-39H,11,18-21H2,1-10H3,(H,46,48)(H,47,49)(H,50,56)(H,51,57)/t23-,24-,25+,26+,33-,38-,39-/m0/s1. The number of carbonyl (C=O) groups is 4. The topological polar surface area (TPSA) is 212 Å². The predicted octanol–water partition coefficient (Wildman–Crippen LogP) is 5.89. The van der Waals surface area contributed by atoms with Crippen molar-refractivity contribution >= 4 is 24.0 Å². The van der Waals surface area contributed by atoms with Gasteiger partial charge in [0.15, 0.2) is 0 Å². The fourth-order valence-electron chi connectivity index (χ4n) is 8.63. The quantitative estimate of drug-likeness (QED) is 0.110. The third kappa shape index (κ3) is 9.04. The van der Waals surface area contributed by atoms with E-state index >= 15 is 0 Å². The molecule has 2 aromatic carbocycles. The van der Waals surface area contributed by atoms with Gasteiger partial charge in [0.05, 0.1) is 62.3 Å². The molecule has 18 heteroatoms. The molecule has 63 heavy (non-hydrogen) atoms. The number of nitrogens with zero attached hydrogens (tertiary/aromatic N) is 4.